The maximum absolute atomic E-state index is 12.2. The van der Waals surface area contributed by atoms with Gasteiger partial charge in [0.2, 0.25) is 0 Å². The summed E-state index contributed by atoms with van der Waals surface area (Å²) in [4.78, 5) is 0. The molecule has 1 heterocycles. The molecule has 1 saturated heterocycles. The number of hydrogen-bond donors (Lipinski definition) is 2. The van der Waals surface area contributed by atoms with Crippen LogP contribution in [0.4, 0.5) is 0 Å². The Morgan fingerprint density at radius 2 is 1.84 bits per heavy atom. The van der Waals surface area contributed by atoms with Crippen LogP contribution in [0.25, 0.3) is 0 Å². The van der Waals surface area contributed by atoms with Crippen LogP contribution in [0.15, 0.2) is 0 Å². The maximum Gasteiger partial charge on any atom is 0.343 e. The van der Waals surface area contributed by atoms with Gasteiger partial charge in [-0.3, -0.25) is 9.12 Å². The SMILES string of the molecule is CS(=O)(=O)O.O=P1(N(CCCl)CCCl)NCCCO1. The molecule has 11 heteroatoms. The number of hydrogen-bond acceptors (Lipinski definition) is 4. The van der Waals surface area contributed by atoms with Crippen LogP contribution in [0.3, 0.4) is 0 Å². The molecule has 1 aliphatic heterocycles. The second-order valence-electron chi connectivity index (χ2n) is 3.68. The molecule has 7 nitrogen and oxygen atoms in total. The minimum absolute atomic E-state index is 0.423. The van der Waals surface area contributed by atoms with Gasteiger partial charge in [-0.2, -0.15) is 8.42 Å². The molecule has 1 atom stereocenters. The van der Waals surface area contributed by atoms with Crippen molar-refractivity contribution in [2.45, 2.75) is 6.42 Å². The van der Waals surface area contributed by atoms with Gasteiger partial charge in [-0.1, -0.05) is 0 Å². The smallest absolute Gasteiger partial charge is 0.306 e. The van der Waals surface area contributed by atoms with Crippen molar-refractivity contribution < 1.29 is 22.1 Å². The fourth-order valence-electron chi connectivity index (χ4n) is 1.28. The molecular weight excluding hydrogens is 338 g/mol. The van der Waals surface area contributed by atoms with E-state index in [1.165, 1.54) is 0 Å². The van der Waals surface area contributed by atoms with E-state index < -0.39 is 17.8 Å². The van der Waals surface area contributed by atoms with E-state index >= 15 is 0 Å². The minimum Gasteiger partial charge on any atom is -0.306 e. The largest absolute Gasteiger partial charge is 0.343 e. The van der Waals surface area contributed by atoms with E-state index in [2.05, 4.69) is 5.09 Å². The highest BCUT2D eigenvalue weighted by molar-refractivity contribution is 7.85. The Morgan fingerprint density at radius 3 is 2.16 bits per heavy atom. The van der Waals surface area contributed by atoms with Gasteiger partial charge in [0, 0.05) is 31.4 Å². The Bertz CT molecular complexity index is 371. The average molecular weight is 357 g/mol. The van der Waals surface area contributed by atoms with Crippen molar-refractivity contribution in [3.05, 3.63) is 0 Å². The highest BCUT2D eigenvalue weighted by atomic mass is 35.5. The van der Waals surface area contributed by atoms with Crippen LogP contribution in [0.1, 0.15) is 6.42 Å². The molecule has 1 fully saturated rings. The van der Waals surface area contributed by atoms with Crippen LogP contribution in [-0.2, 0) is 19.2 Å². The molecule has 0 aliphatic carbocycles. The van der Waals surface area contributed by atoms with Gasteiger partial charge in [-0.15, -0.1) is 23.2 Å². The molecule has 1 rings (SSSR count). The standard InChI is InChI=1S/C7H15Cl2N2O2P.CH4O3S/c8-2-5-11(6-3-9)14(12)10-4-1-7-13-14;1-5(2,3)4/h1-7H2,(H,10,12);1H3,(H,2,3,4). The van der Waals surface area contributed by atoms with E-state index in [0.29, 0.717) is 37.7 Å². The first-order chi connectivity index (χ1) is 8.73. The van der Waals surface area contributed by atoms with Crippen molar-refractivity contribution in [2.24, 2.45) is 0 Å². The summed E-state index contributed by atoms with van der Waals surface area (Å²) in [7, 11) is -6.51. The molecule has 1 unspecified atom stereocenters. The zero-order chi connectivity index (χ0) is 14.9. The summed E-state index contributed by atoms with van der Waals surface area (Å²) in [5, 5.41) is 2.91. The van der Waals surface area contributed by atoms with Crippen LogP contribution in [0, 0.1) is 0 Å². The first kappa shape index (κ1) is 19.6. The summed E-state index contributed by atoms with van der Waals surface area (Å²) in [6, 6.07) is 0. The second kappa shape index (κ2) is 9.52. The van der Waals surface area contributed by atoms with Gasteiger partial charge >= 0.3 is 7.67 Å². The maximum atomic E-state index is 12.2. The fraction of sp³-hybridized carbons (Fsp3) is 1.00. The molecule has 0 amide bonds. The van der Waals surface area contributed by atoms with Crippen molar-refractivity contribution in [2.75, 3.05) is 44.3 Å². The lowest BCUT2D eigenvalue weighted by molar-refractivity contribution is 0.233. The topological polar surface area (TPSA) is 95.9 Å². The van der Waals surface area contributed by atoms with Crippen LogP contribution >= 0.6 is 30.9 Å². The van der Waals surface area contributed by atoms with Crippen LogP contribution in [-0.4, -0.2) is 61.9 Å². The first-order valence-electron chi connectivity index (χ1n) is 5.52. The molecule has 116 valence electrons. The van der Waals surface area contributed by atoms with Crippen molar-refractivity contribution in [1.29, 1.82) is 0 Å². The van der Waals surface area contributed by atoms with E-state index in [9.17, 15) is 13.0 Å². The quantitative estimate of drug-likeness (QED) is 0.436. The van der Waals surface area contributed by atoms with Gasteiger partial charge in [-0.05, 0) is 6.42 Å². The summed E-state index contributed by atoms with van der Waals surface area (Å²) in [5.41, 5.74) is 0. The molecule has 0 bridgehead atoms. The molecule has 2 N–H and O–H groups in total. The third kappa shape index (κ3) is 10.0. The Labute approximate surface area is 123 Å². The summed E-state index contributed by atoms with van der Waals surface area (Å²) in [6.45, 7) is 2.31. The highest BCUT2D eigenvalue weighted by Gasteiger charge is 2.32. The molecule has 0 radical (unpaired) electrons. The Balaban J connectivity index is 0.000000555. The van der Waals surface area contributed by atoms with Crippen molar-refractivity contribution in [3.8, 4) is 0 Å². The second-order valence-corrected chi connectivity index (χ2v) is 8.08. The molecule has 1 aliphatic rings. The van der Waals surface area contributed by atoms with Crippen molar-refractivity contribution in [1.82, 2.24) is 9.76 Å². The third-order valence-electron chi connectivity index (χ3n) is 1.96. The van der Waals surface area contributed by atoms with Gasteiger partial charge < -0.3 is 4.52 Å². The van der Waals surface area contributed by atoms with Gasteiger partial charge in [-0.25, -0.2) is 9.76 Å². The molecular formula is C8H19Cl2N2O5PS. The molecule has 0 aromatic carbocycles. The average Bonchev–Trinajstić information content (AvgIpc) is 2.27. The predicted molar refractivity (Wildman–Crippen MR) is 76.7 cm³/mol. The number of alkyl halides is 2. The van der Waals surface area contributed by atoms with E-state index in [1.807, 2.05) is 0 Å². The van der Waals surface area contributed by atoms with E-state index in [4.69, 9.17) is 32.3 Å². The van der Waals surface area contributed by atoms with Crippen LogP contribution in [0.5, 0.6) is 0 Å². The third-order valence-corrected chi connectivity index (χ3v) is 4.60. The summed E-state index contributed by atoms with van der Waals surface area (Å²) >= 11 is 11.2. The van der Waals surface area contributed by atoms with Crippen LogP contribution in [0.2, 0.25) is 0 Å². The van der Waals surface area contributed by atoms with Gasteiger partial charge in [0.15, 0.2) is 0 Å². The van der Waals surface area contributed by atoms with Crippen molar-refractivity contribution in [3.63, 3.8) is 0 Å². The van der Waals surface area contributed by atoms with Crippen LogP contribution < -0.4 is 5.09 Å². The summed E-state index contributed by atoms with van der Waals surface area (Å²) in [6.07, 6.45) is 1.60. The fourth-order valence-corrected chi connectivity index (χ4v) is 3.92. The first-order valence-corrected chi connectivity index (χ1v) is 10.0. The molecule has 0 saturated carbocycles. The Hall–Kier alpha value is 0.600. The summed E-state index contributed by atoms with van der Waals surface area (Å²) in [5.74, 6) is 0.845. The lowest BCUT2D eigenvalue weighted by Gasteiger charge is -2.33. The lowest BCUT2D eigenvalue weighted by Crippen LogP contribution is -2.35. The number of rotatable bonds is 5. The Kier molecular flexibility index (Phi) is 9.82. The molecule has 0 aromatic heterocycles. The zero-order valence-electron chi connectivity index (χ0n) is 10.6. The lowest BCUT2D eigenvalue weighted by atomic mass is 10.5. The monoisotopic (exact) mass is 356 g/mol. The van der Waals surface area contributed by atoms with Gasteiger partial charge in [0.1, 0.15) is 0 Å². The highest BCUT2D eigenvalue weighted by Crippen LogP contribution is 2.47. The number of nitrogens with zero attached hydrogens (tertiary/aromatic N) is 1. The van der Waals surface area contributed by atoms with Gasteiger partial charge in [0.25, 0.3) is 10.1 Å². The molecule has 19 heavy (non-hydrogen) atoms. The summed E-state index contributed by atoms with van der Waals surface area (Å²) < 4.78 is 45.0. The molecule has 0 aromatic rings. The Morgan fingerprint density at radius 1 is 1.37 bits per heavy atom. The zero-order valence-corrected chi connectivity index (χ0v) is 13.8. The minimum atomic E-state index is -3.67. The van der Waals surface area contributed by atoms with Gasteiger partial charge in [0.05, 0.1) is 12.9 Å². The van der Waals surface area contributed by atoms with Crippen molar-refractivity contribution >= 4 is 41.0 Å². The number of nitrogens with one attached hydrogen (secondary N) is 1. The predicted octanol–water partition coefficient (Wildman–Crippen LogP) is 1.39. The van der Waals surface area contributed by atoms with E-state index in [0.717, 1.165) is 13.0 Å². The molecule has 0 spiro atoms. The van der Waals surface area contributed by atoms with E-state index in [-0.39, 0.29) is 0 Å². The normalized spacial score (nSPS) is 23.8. The van der Waals surface area contributed by atoms with E-state index in [1.54, 1.807) is 4.67 Å². The number of halogens is 2.